The lowest BCUT2D eigenvalue weighted by Gasteiger charge is -2.12. The third kappa shape index (κ3) is 6.34. The van der Waals surface area contributed by atoms with Crippen molar-refractivity contribution < 1.29 is 70.0 Å². The van der Waals surface area contributed by atoms with E-state index in [2.05, 4.69) is 10.2 Å². The molecule has 0 spiro atoms. The molecule has 0 aliphatic carbocycles. The van der Waals surface area contributed by atoms with E-state index >= 15 is 0 Å². The third-order valence-corrected chi connectivity index (χ3v) is 10.1. The molecule has 0 fully saturated rings. The second-order valence-electron chi connectivity index (χ2n) is 8.72. The lowest BCUT2D eigenvalue weighted by molar-refractivity contribution is 0.471. The zero-order valence-corrected chi connectivity index (χ0v) is 24.9. The van der Waals surface area contributed by atoms with Crippen LogP contribution in [0.5, 0.6) is 5.75 Å². The maximum absolute atomic E-state index is 12.1. The molecule has 0 radical (unpaired) electrons. The Balaban J connectivity index is 2.12. The van der Waals surface area contributed by atoms with Gasteiger partial charge in [0.15, 0.2) is 5.75 Å². The van der Waals surface area contributed by atoms with E-state index in [0.29, 0.717) is 42.5 Å². The summed E-state index contributed by atoms with van der Waals surface area (Å²) < 4.78 is 167. The molecule has 0 aromatic heterocycles. The van der Waals surface area contributed by atoms with Crippen molar-refractivity contribution in [3.63, 3.8) is 0 Å². The number of phenols is 1. The highest BCUT2D eigenvalue weighted by molar-refractivity contribution is 7.87. The number of rotatable bonds is 7. The normalized spacial score (nSPS) is 13.7. The molecule has 0 unspecified atom stereocenters. The van der Waals surface area contributed by atoms with Crippen molar-refractivity contribution in [3.05, 3.63) is 42.5 Å². The number of azo groups is 1. The van der Waals surface area contributed by atoms with Crippen molar-refractivity contribution >= 4 is 89.2 Å². The number of anilines is 1. The van der Waals surface area contributed by atoms with Crippen LogP contribution in [-0.2, 0) is 50.6 Å². The Hall–Kier alpha value is -3.85. The fourth-order valence-corrected chi connectivity index (χ4v) is 7.20. The second-order valence-corrected chi connectivity index (χ2v) is 15.7. The second kappa shape index (κ2) is 10.4. The van der Waals surface area contributed by atoms with E-state index in [9.17, 15) is 70.0 Å². The molecule has 0 atom stereocenters. The molecule has 236 valence electrons. The van der Waals surface area contributed by atoms with Gasteiger partial charge in [0, 0.05) is 16.5 Å². The summed E-state index contributed by atoms with van der Waals surface area (Å²) in [7, 11) is -26.0. The minimum atomic E-state index is -5.36. The zero-order valence-electron chi connectivity index (χ0n) is 20.8. The summed E-state index contributed by atoms with van der Waals surface area (Å²) in [5.41, 5.74) is 3.06. The van der Waals surface area contributed by atoms with E-state index < -0.39 is 119 Å². The maximum atomic E-state index is 12.1. The van der Waals surface area contributed by atoms with E-state index in [1.807, 2.05) is 0 Å². The molecule has 8 N–H and O–H groups in total. The van der Waals surface area contributed by atoms with Gasteiger partial charge in [-0.1, -0.05) is 0 Å². The van der Waals surface area contributed by atoms with Crippen LogP contribution in [0.1, 0.15) is 0 Å². The van der Waals surface area contributed by atoms with Crippen LogP contribution in [0, 0.1) is 0 Å². The highest BCUT2D eigenvalue weighted by atomic mass is 32.2. The van der Waals surface area contributed by atoms with E-state index in [1.54, 1.807) is 0 Å². The van der Waals surface area contributed by atoms with Crippen LogP contribution in [0.3, 0.4) is 0 Å². The Morgan fingerprint density at radius 1 is 0.523 bits per heavy atom. The molecule has 44 heavy (non-hydrogen) atoms. The van der Waals surface area contributed by atoms with E-state index in [0.717, 1.165) is 0 Å². The third-order valence-electron chi connectivity index (χ3n) is 5.81. The predicted molar refractivity (Wildman–Crippen MR) is 147 cm³/mol. The molecule has 0 saturated heterocycles. The minimum Gasteiger partial charge on any atom is -0.505 e. The SMILES string of the molecule is Nc1cc(S(=O)(=O)O)cc2cc(S(=O)(=O)O)c(N=Nc3cc4c(S(=O)(=O)O)cc(S(=O)(=O)O)cc4cc3S(=O)(=O)O)c(O)c12. The molecule has 4 aromatic carbocycles. The Morgan fingerprint density at radius 2 is 1.00 bits per heavy atom. The Kier molecular flexibility index (Phi) is 7.78. The highest BCUT2D eigenvalue weighted by Crippen LogP contribution is 2.45. The summed E-state index contributed by atoms with van der Waals surface area (Å²) in [6, 6.07) is 3.77. The summed E-state index contributed by atoms with van der Waals surface area (Å²) in [4.78, 5) is -5.62. The molecule has 0 aliphatic heterocycles. The summed E-state index contributed by atoms with van der Waals surface area (Å²) in [5.74, 6) is -1.18. The van der Waals surface area contributed by atoms with Gasteiger partial charge < -0.3 is 10.8 Å². The van der Waals surface area contributed by atoms with Crippen molar-refractivity contribution in [3.8, 4) is 5.75 Å². The fourth-order valence-electron chi connectivity index (χ4n) is 4.00. The number of nitrogens with two attached hydrogens (primary N) is 1. The van der Waals surface area contributed by atoms with Gasteiger partial charge in [0.1, 0.15) is 26.1 Å². The number of nitrogens with zero attached hydrogens (tertiary/aromatic N) is 2. The number of fused-ring (bicyclic) bond motifs is 2. The largest absolute Gasteiger partial charge is 0.505 e. The molecular formula is C20H15N3O16S5. The van der Waals surface area contributed by atoms with Gasteiger partial charge in [-0.3, -0.25) is 22.8 Å². The Bertz CT molecular complexity index is 2530. The number of phenolic OH excluding ortho intramolecular Hbond substituents is 1. The van der Waals surface area contributed by atoms with Gasteiger partial charge in [0.2, 0.25) is 0 Å². The van der Waals surface area contributed by atoms with E-state index in [-0.39, 0.29) is 0 Å². The first-order chi connectivity index (χ1) is 19.8. The Labute approximate surface area is 247 Å². The van der Waals surface area contributed by atoms with Crippen molar-refractivity contribution in [1.29, 1.82) is 0 Å². The molecule has 24 heteroatoms. The van der Waals surface area contributed by atoms with Crippen LogP contribution < -0.4 is 5.73 Å². The lowest BCUT2D eigenvalue weighted by atomic mass is 10.1. The zero-order chi connectivity index (χ0) is 33.4. The van der Waals surface area contributed by atoms with Gasteiger partial charge in [0.25, 0.3) is 50.6 Å². The highest BCUT2D eigenvalue weighted by Gasteiger charge is 2.27. The molecule has 0 heterocycles. The molecule has 0 amide bonds. The van der Waals surface area contributed by atoms with Gasteiger partial charge in [0.05, 0.1) is 9.79 Å². The van der Waals surface area contributed by atoms with Crippen LogP contribution >= 0.6 is 0 Å². The first-order valence-electron chi connectivity index (χ1n) is 10.8. The number of nitrogen functional groups attached to an aromatic ring is 1. The van der Waals surface area contributed by atoms with Crippen molar-refractivity contribution in [2.24, 2.45) is 10.2 Å². The smallest absolute Gasteiger partial charge is 0.296 e. The summed E-state index contributed by atoms with van der Waals surface area (Å²) in [5, 5.41) is 15.5. The van der Waals surface area contributed by atoms with Gasteiger partial charge in [-0.05, 0) is 53.2 Å². The average molecular weight is 714 g/mol. The monoisotopic (exact) mass is 713 g/mol. The van der Waals surface area contributed by atoms with Crippen LogP contribution in [0.15, 0.2) is 77.2 Å². The van der Waals surface area contributed by atoms with Crippen LogP contribution in [0.4, 0.5) is 17.1 Å². The molecule has 4 rings (SSSR count). The van der Waals surface area contributed by atoms with Gasteiger partial charge >= 0.3 is 0 Å². The summed E-state index contributed by atoms with van der Waals surface area (Å²) in [6.45, 7) is 0. The first kappa shape index (κ1) is 33.1. The topological polar surface area (TPSA) is 343 Å². The number of aromatic hydroxyl groups is 1. The Morgan fingerprint density at radius 3 is 1.50 bits per heavy atom. The summed E-state index contributed by atoms with van der Waals surface area (Å²) >= 11 is 0. The molecule has 4 aromatic rings. The number of hydrogen-bond donors (Lipinski definition) is 7. The standard InChI is InChI=1S/C20H15N3O16S5/c21-13-5-10(40(25,26)27)2-9-4-17(44(37,38)39)19(20(24)18(9)13)23-22-14-7-12-8(3-16(14)43(34,35)36)1-11(41(28,29)30)6-15(12)42(31,32)33/h1-7,24H,21H2,(H,25,26,27)(H,28,29,30)(H,31,32,33)(H,34,35,36)(H,37,38,39). The number of hydrogen-bond acceptors (Lipinski definition) is 14. The van der Waals surface area contributed by atoms with Crippen LogP contribution in [0.2, 0.25) is 0 Å². The molecule has 0 bridgehead atoms. The summed E-state index contributed by atoms with van der Waals surface area (Å²) in [6.07, 6.45) is 0. The van der Waals surface area contributed by atoms with Crippen molar-refractivity contribution in [2.45, 2.75) is 24.5 Å². The van der Waals surface area contributed by atoms with Crippen LogP contribution in [-0.4, -0.2) is 70.0 Å². The maximum Gasteiger partial charge on any atom is 0.296 e. The van der Waals surface area contributed by atoms with Gasteiger partial charge in [-0.25, -0.2) is 0 Å². The van der Waals surface area contributed by atoms with Crippen LogP contribution in [0.25, 0.3) is 21.5 Å². The number of benzene rings is 4. The van der Waals surface area contributed by atoms with Gasteiger partial charge in [-0.15, -0.1) is 10.2 Å². The van der Waals surface area contributed by atoms with Gasteiger partial charge in [-0.2, -0.15) is 42.1 Å². The fraction of sp³-hybridized carbons (Fsp3) is 0. The van der Waals surface area contributed by atoms with Crippen molar-refractivity contribution in [1.82, 2.24) is 0 Å². The molecular weight excluding hydrogens is 699 g/mol. The average Bonchev–Trinajstić information content (AvgIpc) is 2.83. The lowest BCUT2D eigenvalue weighted by Crippen LogP contribution is -2.05. The quantitative estimate of drug-likeness (QED) is 0.0816. The first-order valence-corrected chi connectivity index (χ1v) is 18.0. The molecule has 0 aliphatic rings. The predicted octanol–water partition coefficient (Wildman–Crippen LogP) is 1.93. The minimum absolute atomic E-state index is 0.302. The van der Waals surface area contributed by atoms with E-state index in [4.69, 9.17) is 5.73 Å². The van der Waals surface area contributed by atoms with Crippen molar-refractivity contribution in [2.75, 3.05) is 5.73 Å². The molecule has 19 nitrogen and oxygen atoms in total. The van der Waals surface area contributed by atoms with E-state index in [1.165, 1.54) is 0 Å². The molecule has 0 saturated carbocycles.